The third kappa shape index (κ3) is 5.60. The van der Waals surface area contributed by atoms with Gasteiger partial charge in [0.25, 0.3) is 0 Å². The molecule has 0 aromatic heterocycles. The van der Waals surface area contributed by atoms with Crippen molar-refractivity contribution in [2.75, 3.05) is 20.3 Å². The minimum atomic E-state index is -0.508. The van der Waals surface area contributed by atoms with E-state index >= 15 is 0 Å². The Bertz CT molecular complexity index is 520. The minimum absolute atomic E-state index is 0.152. The summed E-state index contributed by atoms with van der Waals surface area (Å²) in [5.41, 5.74) is 0. The second-order valence-electron chi connectivity index (χ2n) is 5.45. The topological polar surface area (TPSA) is 54.0 Å². The van der Waals surface area contributed by atoms with Crippen LogP contribution in [0.2, 0.25) is 0 Å². The zero-order valence-corrected chi connectivity index (χ0v) is 13.6. The molecule has 1 aromatic carbocycles. The van der Waals surface area contributed by atoms with Crippen molar-refractivity contribution in [1.29, 1.82) is 0 Å². The summed E-state index contributed by atoms with van der Waals surface area (Å²) in [6, 6.07) is 5.19. The van der Waals surface area contributed by atoms with E-state index in [0.717, 1.165) is 31.8 Å². The Morgan fingerprint density at radius 1 is 1.22 bits per heavy atom. The van der Waals surface area contributed by atoms with E-state index in [0.29, 0.717) is 30.5 Å². The van der Waals surface area contributed by atoms with E-state index in [-0.39, 0.29) is 6.10 Å². The minimum Gasteiger partial charge on any atom is -0.491 e. The molecular weight excluding hydrogens is 296 g/mol. The molecule has 126 valence electrons. The van der Waals surface area contributed by atoms with Crippen molar-refractivity contribution in [2.45, 2.75) is 38.2 Å². The first-order chi connectivity index (χ1) is 11.2. The SMILES string of the molecule is C=CC(=O)Oc1ccc(OCCOC)cc1OC1CCCCC1. The fraction of sp³-hybridized carbons (Fsp3) is 0.500. The summed E-state index contributed by atoms with van der Waals surface area (Å²) in [5.74, 6) is 1.07. The third-order valence-electron chi connectivity index (χ3n) is 3.69. The molecule has 0 bridgehead atoms. The van der Waals surface area contributed by atoms with Crippen molar-refractivity contribution in [3.8, 4) is 17.2 Å². The van der Waals surface area contributed by atoms with Gasteiger partial charge in [-0.05, 0) is 37.8 Å². The van der Waals surface area contributed by atoms with E-state index in [9.17, 15) is 4.79 Å². The number of hydrogen-bond acceptors (Lipinski definition) is 5. The highest BCUT2D eigenvalue weighted by Gasteiger charge is 2.18. The molecule has 0 spiro atoms. The van der Waals surface area contributed by atoms with Crippen LogP contribution < -0.4 is 14.2 Å². The van der Waals surface area contributed by atoms with Gasteiger partial charge in [-0.25, -0.2) is 4.79 Å². The summed E-state index contributed by atoms with van der Waals surface area (Å²) in [4.78, 5) is 11.5. The molecule has 1 fully saturated rings. The van der Waals surface area contributed by atoms with Gasteiger partial charge in [0, 0.05) is 19.3 Å². The largest absolute Gasteiger partial charge is 0.491 e. The second-order valence-corrected chi connectivity index (χ2v) is 5.45. The van der Waals surface area contributed by atoms with Crippen LogP contribution in [-0.2, 0) is 9.53 Å². The molecule has 1 aromatic rings. The fourth-order valence-electron chi connectivity index (χ4n) is 2.51. The summed E-state index contributed by atoms with van der Waals surface area (Å²) >= 11 is 0. The number of benzene rings is 1. The standard InChI is InChI=1S/C18H24O5/c1-3-18(19)23-16-10-9-15(21-12-11-20-2)13-17(16)22-14-7-5-4-6-8-14/h3,9-10,13-14H,1,4-8,11-12H2,2H3. The molecular formula is C18H24O5. The van der Waals surface area contributed by atoms with Crippen LogP contribution in [0.5, 0.6) is 17.2 Å². The van der Waals surface area contributed by atoms with Gasteiger partial charge in [0.05, 0.1) is 12.7 Å². The molecule has 1 saturated carbocycles. The van der Waals surface area contributed by atoms with Crippen LogP contribution in [0.1, 0.15) is 32.1 Å². The molecule has 23 heavy (non-hydrogen) atoms. The lowest BCUT2D eigenvalue weighted by Crippen LogP contribution is -2.20. The normalized spacial score (nSPS) is 15.0. The fourth-order valence-corrected chi connectivity index (χ4v) is 2.51. The van der Waals surface area contributed by atoms with Crippen molar-refractivity contribution in [2.24, 2.45) is 0 Å². The lowest BCUT2D eigenvalue weighted by Gasteiger charge is -2.24. The Balaban J connectivity index is 2.11. The molecule has 0 radical (unpaired) electrons. The summed E-state index contributed by atoms with van der Waals surface area (Å²) < 4.78 is 21.9. The van der Waals surface area contributed by atoms with Crippen LogP contribution >= 0.6 is 0 Å². The third-order valence-corrected chi connectivity index (χ3v) is 3.69. The monoisotopic (exact) mass is 320 g/mol. The maximum Gasteiger partial charge on any atom is 0.335 e. The Hall–Kier alpha value is -2.01. The maximum absolute atomic E-state index is 11.5. The summed E-state index contributed by atoms with van der Waals surface area (Å²) in [6.45, 7) is 4.37. The zero-order chi connectivity index (χ0) is 16.5. The number of hydrogen-bond donors (Lipinski definition) is 0. The first-order valence-electron chi connectivity index (χ1n) is 7.99. The summed E-state index contributed by atoms with van der Waals surface area (Å²) in [6.07, 6.45) is 6.89. The first-order valence-corrected chi connectivity index (χ1v) is 7.99. The van der Waals surface area contributed by atoms with Crippen molar-refractivity contribution >= 4 is 5.97 Å². The van der Waals surface area contributed by atoms with Crippen LogP contribution in [0.4, 0.5) is 0 Å². The quantitative estimate of drug-likeness (QED) is 0.317. The number of carbonyl (C=O) groups is 1. The Kier molecular flexibility index (Phi) is 6.94. The van der Waals surface area contributed by atoms with E-state index in [2.05, 4.69) is 6.58 Å². The van der Waals surface area contributed by atoms with Gasteiger partial charge >= 0.3 is 5.97 Å². The predicted octanol–water partition coefficient (Wildman–Crippen LogP) is 3.51. The molecule has 5 nitrogen and oxygen atoms in total. The van der Waals surface area contributed by atoms with Crippen molar-refractivity contribution in [1.82, 2.24) is 0 Å². The van der Waals surface area contributed by atoms with E-state index in [1.54, 1.807) is 25.3 Å². The smallest absolute Gasteiger partial charge is 0.335 e. The first kappa shape index (κ1) is 17.3. The van der Waals surface area contributed by atoms with Gasteiger partial charge in [-0.3, -0.25) is 0 Å². The molecule has 0 atom stereocenters. The van der Waals surface area contributed by atoms with Crippen LogP contribution in [0, 0.1) is 0 Å². The molecule has 0 amide bonds. The zero-order valence-electron chi connectivity index (χ0n) is 13.6. The molecule has 0 N–H and O–H groups in total. The maximum atomic E-state index is 11.5. The highest BCUT2D eigenvalue weighted by molar-refractivity contribution is 5.83. The lowest BCUT2D eigenvalue weighted by molar-refractivity contribution is -0.129. The molecule has 2 rings (SSSR count). The number of methoxy groups -OCH3 is 1. The number of rotatable bonds is 8. The van der Waals surface area contributed by atoms with Gasteiger partial charge in [0.2, 0.25) is 0 Å². The van der Waals surface area contributed by atoms with Crippen LogP contribution in [-0.4, -0.2) is 32.4 Å². The van der Waals surface area contributed by atoms with Gasteiger partial charge in [0.1, 0.15) is 12.4 Å². The average molecular weight is 320 g/mol. The lowest BCUT2D eigenvalue weighted by atomic mass is 9.98. The number of esters is 1. The van der Waals surface area contributed by atoms with E-state index < -0.39 is 5.97 Å². The molecule has 0 aliphatic heterocycles. The van der Waals surface area contributed by atoms with Crippen molar-refractivity contribution < 1.29 is 23.7 Å². The molecule has 0 heterocycles. The van der Waals surface area contributed by atoms with E-state index in [1.165, 1.54) is 6.42 Å². The average Bonchev–Trinajstić information content (AvgIpc) is 2.58. The Labute approximate surface area is 137 Å². The summed E-state index contributed by atoms with van der Waals surface area (Å²) in [5, 5.41) is 0. The van der Waals surface area contributed by atoms with Gasteiger partial charge in [-0.2, -0.15) is 0 Å². The second kappa shape index (κ2) is 9.20. The highest BCUT2D eigenvalue weighted by atomic mass is 16.6. The predicted molar refractivity (Wildman–Crippen MR) is 87.1 cm³/mol. The van der Waals surface area contributed by atoms with Gasteiger partial charge < -0.3 is 18.9 Å². The Morgan fingerprint density at radius 3 is 2.70 bits per heavy atom. The molecule has 0 unspecified atom stereocenters. The van der Waals surface area contributed by atoms with E-state index in [4.69, 9.17) is 18.9 Å². The number of ether oxygens (including phenoxy) is 4. The van der Waals surface area contributed by atoms with Crippen molar-refractivity contribution in [3.05, 3.63) is 30.9 Å². The molecule has 1 aliphatic rings. The highest BCUT2D eigenvalue weighted by Crippen LogP contribution is 2.34. The van der Waals surface area contributed by atoms with E-state index in [1.807, 2.05) is 0 Å². The summed E-state index contributed by atoms with van der Waals surface area (Å²) in [7, 11) is 1.62. The van der Waals surface area contributed by atoms with Gasteiger partial charge in [-0.1, -0.05) is 13.0 Å². The van der Waals surface area contributed by atoms with Crippen LogP contribution in [0.3, 0.4) is 0 Å². The van der Waals surface area contributed by atoms with Crippen LogP contribution in [0.15, 0.2) is 30.9 Å². The molecule has 1 aliphatic carbocycles. The van der Waals surface area contributed by atoms with Gasteiger partial charge in [-0.15, -0.1) is 0 Å². The van der Waals surface area contributed by atoms with Gasteiger partial charge in [0.15, 0.2) is 11.5 Å². The number of carbonyl (C=O) groups excluding carboxylic acids is 1. The molecule has 0 saturated heterocycles. The molecule has 5 heteroatoms. The van der Waals surface area contributed by atoms with Crippen LogP contribution in [0.25, 0.3) is 0 Å². The van der Waals surface area contributed by atoms with Crippen molar-refractivity contribution in [3.63, 3.8) is 0 Å². The Morgan fingerprint density at radius 2 is 2.00 bits per heavy atom.